The summed E-state index contributed by atoms with van der Waals surface area (Å²) in [4.78, 5) is 11.7. The minimum absolute atomic E-state index is 0.150. The number of benzene rings is 2. The Bertz CT molecular complexity index is 704. The maximum Gasteiger partial charge on any atom is 0.309 e. The third kappa shape index (κ3) is 5.65. The number of hydrogen-bond donors (Lipinski definition) is 0. The molecule has 2 aromatic rings. The highest BCUT2D eigenvalue weighted by atomic mass is 16.5. The molecule has 0 aromatic heterocycles. The van der Waals surface area contributed by atoms with Crippen molar-refractivity contribution in [3.05, 3.63) is 59.7 Å². The molecule has 0 N–H and O–H groups in total. The van der Waals surface area contributed by atoms with Crippen molar-refractivity contribution in [1.29, 1.82) is 5.26 Å². The summed E-state index contributed by atoms with van der Waals surface area (Å²) in [6, 6.07) is 16.3. The van der Waals surface area contributed by atoms with Crippen LogP contribution in [0.5, 0.6) is 11.5 Å². The van der Waals surface area contributed by atoms with Gasteiger partial charge in [-0.1, -0.05) is 12.1 Å². The van der Waals surface area contributed by atoms with Crippen LogP contribution in [-0.2, 0) is 16.1 Å². The number of carbonyl (C=O) groups is 1. The molecule has 2 aromatic carbocycles. The van der Waals surface area contributed by atoms with Gasteiger partial charge in [0.05, 0.1) is 31.3 Å². The summed E-state index contributed by atoms with van der Waals surface area (Å²) in [5, 5.41) is 8.83. The minimum Gasteiger partial charge on any atom is -0.494 e. The molecule has 0 aliphatic rings. The van der Waals surface area contributed by atoms with E-state index < -0.39 is 0 Å². The average molecular weight is 325 g/mol. The van der Waals surface area contributed by atoms with Gasteiger partial charge in [-0.3, -0.25) is 4.79 Å². The van der Waals surface area contributed by atoms with E-state index in [0.717, 1.165) is 11.3 Å². The molecule has 0 heterocycles. The fourth-order valence-electron chi connectivity index (χ4n) is 2.02. The predicted octanol–water partition coefficient (Wildman–Crippen LogP) is 3.47. The Balaban J connectivity index is 1.70. The Morgan fingerprint density at radius 3 is 2.46 bits per heavy atom. The highest BCUT2D eigenvalue weighted by molar-refractivity contribution is 5.69. The van der Waals surface area contributed by atoms with E-state index in [1.54, 1.807) is 30.3 Å². The normalized spacial score (nSPS) is 9.83. The minimum atomic E-state index is -0.344. The number of rotatable bonds is 8. The average Bonchev–Trinajstić information content (AvgIpc) is 2.62. The van der Waals surface area contributed by atoms with Crippen LogP contribution in [-0.4, -0.2) is 19.2 Å². The molecule has 0 saturated heterocycles. The second-order valence-corrected chi connectivity index (χ2v) is 4.98. The van der Waals surface area contributed by atoms with Crippen LogP contribution in [0.1, 0.15) is 24.5 Å². The van der Waals surface area contributed by atoms with Crippen LogP contribution < -0.4 is 9.47 Å². The number of nitriles is 1. The summed E-state index contributed by atoms with van der Waals surface area (Å²) < 4.78 is 16.0. The third-order valence-corrected chi connectivity index (χ3v) is 3.17. The largest absolute Gasteiger partial charge is 0.494 e. The molecular formula is C19H19NO4. The number of nitrogens with zero attached hydrogens (tertiary/aromatic N) is 1. The van der Waals surface area contributed by atoms with Gasteiger partial charge in [0.1, 0.15) is 18.1 Å². The molecule has 2 rings (SSSR count). The second kappa shape index (κ2) is 9.21. The first-order valence-electron chi connectivity index (χ1n) is 7.71. The Labute approximate surface area is 141 Å². The molecule has 124 valence electrons. The van der Waals surface area contributed by atoms with E-state index in [0.29, 0.717) is 17.9 Å². The van der Waals surface area contributed by atoms with E-state index in [9.17, 15) is 4.79 Å². The van der Waals surface area contributed by atoms with E-state index in [-0.39, 0.29) is 25.6 Å². The molecule has 0 bridgehead atoms. The lowest BCUT2D eigenvalue weighted by molar-refractivity contribution is -0.145. The van der Waals surface area contributed by atoms with Crippen molar-refractivity contribution in [2.24, 2.45) is 0 Å². The molecule has 5 nitrogen and oxygen atoms in total. The van der Waals surface area contributed by atoms with Crippen molar-refractivity contribution in [3.8, 4) is 17.6 Å². The zero-order chi connectivity index (χ0) is 17.2. The molecule has 5 heteroatoms. The Hall–Kier alpha value is -3.00. The van der Waals surface area contributed by atoms with Gasteiger partial charge in [0.2, 0.25) is 0 Å². The van der Waals surface area contributed by atoms with Crippen LogP contribution in [0.2, 0.25) is 0 Å². The first-order chi connectivity index (χ1) is 11.7. The molecular weight excluding hydrogens is 306 g/mol. The van der Waals surface area contributed by atoms with Crippen LogP contribution in [0, 0.1) is 11.3 Å². The van der Waals surface area contributed by atoms with Crippen LogP contribution in [0.4, 0.5) is 0 Å². The standard InChI is InChI=1S/C19H19NO4/c1-2-22-17-6-8-18(9-7-17)23-11-10-19(21)24-14-16-5-3-4-15(12-16)13-20/h3-9,12H,2,10-11,14H2,1H3. The molecule has 0 spiro atoms. The van der Waals surface area contributed by atoms with Gasteiger partial charge in [0, 0.05) is 0 Å². The van der Waals surface area contributed by atoms with E-state index in [1.807, 2.05) is 31.2 Å². The molecule has 0 fully saturated rings. The maximum atomic E-state index is 11.7. The van der Waals surface area contributed by atoms with Crippen molar-refractivity contribution in [2.75, 3.05) is 13.2 Å². The molecule has 24 heavy (non-hydrogen) atoms. The molecule has 0 unspecified atom stereocenters. The lowest BCUT2D eigenvalue weighted by Gasteiger charge is -2.08. The molecule has 0 atom stereocenters. The fourth-order valence-corrected chi connectivity index (χ4v) is 2.02. The number of hydrogen-bond acceptors (Lipinski definition) is 5. The highest BCUT2D eigenvalue weighted by Gasteiger charge is 2.05. The Morgan fingerprint density at radius 2 is 1.79 bits per heavy atom. The summed E-state index contributed by atoms with van der Waals surface area (Å²) in [5.41, 5.74) is 1.33. The zero-order valence-electron chi connectivity index (χ0n) is 13.5. The predicted molar refractivity (Wildman–Crippen MR) is 88.7 cm³/mol. The summed E-state index contributed by atoms with van der Waals surface area (Å²) in [6.45, 7) is 2.93. The van der Waals surface area contributed by atoms with Gasteiger partial charge < -0.3 is 14.2 Å². The number of esters is 1. The van der Waals surface area contributed by atoms with E-state index in [4.69, 9.17) is 19.5 Å². The van der Waals surface area contributed by atoms with Gasteiger partial charge in [-0.2, -0.15) is 5.26 Å². The smallest absolute Gasteiger partial charge is 0.309 e. The van der Waals surface area contributed by atoms with Gasteiger partial charge >= 0.3 is 5.97 Å². The third-order valence-electron chi connectivity index (χ3n) is 3.17. The highest BCUT2D eigenvalue weighted by Crippen LogP contribution is 2.17. The van der Waals surface area contributed by atoms with Crippen molar-refractivity contribution in [3.63, 3.8) is 0 Å². The Morgan fingerprint density at radius 1 is 1.08 bits per heavy atom. The van der Waals surface area contributed by atoms with Crippen LogP contribution in [0.3, 0.4) is 0 Å². The molecule has 0 aliphatic heterocycles. The zero-order valence-corrected chi connectivity index (χ0v) is 13.5. The van der Waals surface area contributed by atoms with E-state index in [1.165, 1.54) is 0 Å². The van der Waals surface area contributed by atoms with Gasteiger partial charge in [0.25, 0.3) is 0 Å². The summed E-state index contributed by atoms with van der Waals surface area (Å²) in [7, 11) is 0. The fraction of sp³-hybridized carbons (Fsp3) is 0.263. The SMILES string of the molecule is CCOc1ccc(OCCC(=O)OCc2cccc(C#N)c2)cc1. The van der Waals surface area contributed by atoms with Crippen molar-refractivity contribution < 1.29 is 19.0 Å². The van der Waals surface area contributed by atoms with E-state index >= 15 is 0 Å². The van der Waals surface area contributed by atoms with Gasteiger partial charge in [-0.15, -0.1) is 0 Å². The van der Waals surface area contributed by atoms with Crippen LogP contribution in [0.15, 0.2) is 48.5 Å². The summed E-state index contributed by atoms with van der Waals surface area (Å²) in [5.74, 6) is 1.11. The maximum absolute atomic E-state index is 11.7. The second-order valence-electron chi connectivity index (χ2n) is 4.98. The number of ether oxygens (including phenoxy) is 3. The quantitative estimate of drug-likeness (QED) is 0.695. The molecule has 0 saturated carbocycles. The summed E-state index contributed by atoms with van der Waals surface area (Å²) in [6.07, 6.45) is 0.158. The summed E-state index contributed by atoms with van der Waals surface area (Å²) >= 11 is 0. The first-order valence-corrected chi connectivity index (χ1v) is 7.71. The van der Waals surface area contributed by atoms with Crippen molar-refractivity contribution in [2.45, 2.75) is 20.0 Å². The molecule has 0 aliphatic carbocycles. The van der Waals surface area contributed by atoms with Crippen LogP contribution in [0.25, 0.3) is 0 Å². The topological polar surface area (TPSA) is 68.6 Å². The van der Waals surface area contributed by atoms with Crippen molar-refractivity contribution in [1.82, 2.24) is 0 Å². The lowest BCUT2D eigenvalue weighted by atomic mass is 10.1. The Kier molecular flexibility index (Phi) is 6.66. The first kappa shape index (κ1) is 17.4. The monoisotopic (exact) mass is 325 g/mol. The lowest BCUT2D eigenvalue weighted by Crippen LogP contribution is -2.10. The number of carbonyl (C=O) groups excluding carboxylic acids is 1. The van der Waals surface area contributed by atoms with Crippen molar-refractivity contribution >= 4 is 5.97 Å². The van der Waals surface area contributed by atoms with E-state index in [2.05, 4.69) is 0 Å². The molecule has 0 amide bonds. The molecule has 0 radical (unpaired) electrons. The van der Waals surface area contributed by atoms with Gasteiger partial charge in [-0.05, 0) is 48.9 Å². The van der Waals surface area contributed by atoms with Gasteiger partial charge in [0.15, 0.2) is 0 Å². The van der Waals surface area contributed by atoms with Crippen LogP contribution >= 0.6 is 0 Å². The van der Waals surface area contributed by atoms with Gasteiger partial charge in [-0.25, -0.2) is 0 Å².